The number of anilines is 2. The zero-order chi connectivity index (χ0) is 30.2. The van der Waals surface area contributed by atoms with Crippen LogP contribution in [0, 0.1) is 0 Å². The van der Waals surface area contributed by atoms with Crippen LogP contribution >= 0.6 is 0 Å². The molecule has 1 saturated heterocycles. The van der Waals surface area contributed by atoms with Crippen LogP contribution in [0.4, 0.5) is 11.4 Å². The van der Waals surface area contributed by atoms with Crippen LogP contribution in [0.2, 0.25) is 0 Å². The van der Waals surface area contributed by atoms with Gasteiger partial charge in [0.2, 0.25) is 0 Å². The van der Waals surface area contributed by atoms with Gasteiger partial charge in [-0.3, -0.25) is 0 Å². The first-order valence-electron chi connectivity index (χ1n) is 16.2. The Labute approximate surface area is 255 Å². The number of hydrogen-bond acceptors (Lipinski definition) is 4. The minimum Gasteiger partial charge on any atom is -0.396 e. The maximum absolute atomic E-state index is 9.35. The van der Waals surface area contributed by atoms with Crippen molar-refractivity contribution in [3.63, 3.8) is 0 Å². The molecule has 0 aliphatic carbocycles. The molecule has 1 heterocycles. The topological polar surface area (TPSA) is 39.2 Å². The summed E-state index contributed by atoms with van der Waals surface area (Å²) in [4.78, 5) is 4.89. The van der Waals surface area contributed by atoms with E-state index in [1.165, 1.54) is 59.3 Å². The van der Waals surface area contributed by atoms with Crippen molar-refractivity contribution in [3.05, 3.63) is 95.1 Å². The van der Waals surface area contributed by atoms with Crippen molar-refractivity contribution in [2.24, 2.45) is 0 Å². The molecular weight excluding hydrogens is 516 g/mol. The third kappa shape index (κ3) is 7.96. The van der Waals surface area contributed by atoms with Crippen molar-refractivity contribution in [2.45, 2.75) is 90.6 Å². The van der Waals surface area contributed by atoms with Gasteiger partial charge in [0.05, 0.1) is 12.7 Å². The first-order chi connectivity index (χ1) is 20.2. The maximum atomic E-state index is 9.35. The Balaban J connectivity index is 1.47. The summed E-state index contributed by atoms with van der Waals surface area (Å²) < 4.78 is 5.47. The van der Waals surface area contributed by atoms with Crippen LogP contribution in [0.3, 0.4) is 0 Å². The highest BCUT2D eigenvalue weighted by Crippen LogP contribution is 2.37. The first kappa shape index (κ1) is 32.1. The van der Waals surface area contributed by atoms with Gasteiger partial charge in [0.1, 0.15) is 0 Å². The highest BCUT2D eigenvalue weighted by atomic mass is 16.6. The molecule has 0 radical (unpaired) electrons. The molecule has 0 aromatic heterocycles. The molecule has 4 rings (SSSR count). The summed E-state index contributed by atoms with van der Waals surface area (Å²) in [7, 11) is 0. The van der Waals surface area contributed by atoms with E-state index in [-0.39, 0.29) is 17.4 Å². The second kappa shape index (κ2) is 14.6. The zero-order valence-electron chi connectivity index (χ0n) is 27.0. The van der Waals surface area contributed by atoms with E-state index in [2.05, 4.69) is 124 Å². The summed E-state index contributed by atoms with van der Waals surface area (Å²) >= 11 is 0. The lowest BCUT2D eigenvalue weighted by atomic mass is 9.74. The molecule has 0 bridgehead atoms. The van der Waals surface area contributed by atoms with Crippen LogP contribution in [0.5, 0.6) is 0 Å². The molecule has 0 amide bonds. The van der Waals surface area contributed by atoms with E-state index >= 15 is 0 Å². The van der Waals surface area contributed by atoms with E-state index in [1.54, 1.807) is 0 Å². The zero-order valence-corrected chi connectivity index (χ0v) is 27.0. The fourth-order valence-electron chi connectivity index (χ4n) is 5.89. The van der Waals surface area contributed by atoms with Crippen molar-refractivity contribution in [1.82, 2.24) is 0 Å². The molecule has 228 valence electrons. The Bertz CT molecular complexity index is 1200. The minimum atomic E-state index is -0.112. The van der Waals surface area contributed by atoms with E-state index in [4.69, 9.17) is 4.74 Å². The number of hydrogen-bond donors (Lipinski definition) is 1. The van der Waals surface area contributed by atoms with Crippen LogP contribution in [-0.4, -0.2) is 50.6 Å². The SMILES string of the molecule is CCCCN(CCCC)c1ccc(C(C)(C)c2ccc(C(C)(C)c3ccc(N(CCCO)CC4CO4)cc3)cc2)cc1. The molecule has 1 N–H and O–H groups in total. The van der Waals surface area contributed by atoms with Gasteiger partial charge in [-0.05, 0) is 65.8 Å². The summed E-state index contributed by atoms with van der Waals surface area (Å²) in [6.07, 6.45) is 6.03. The van der Waals surface area contributed by atoms with Gasteiger partial charge >= 0.3 is 0 Å². The van der Waals surface area contributed by atoms with Crippen LogP contribution in [-0.2, 0) is 15.6 Å². The second-order valence-corrected chi connectivity index (χ2v) is 13.1. The van der Waals surface area contributed by atoms with E-state index < -0.39 is 0 Å². The highest BCUT2D eigenvalue weighted by molar-refractivity contribution is 5.52. The Morgan fingerprint density at radius 2 is 0.976 bits per heavy atom. The molecule has 3 aromatic rings. The van der Waals surface area contributed by atoms with Crippen LogP contribution in [0.1, 0.15) is 95.9 Å². The lowest BCUT2D eigenvalue weighted by Crippen LogP contribution is -2.29. The predicted molar refractivity (Wildman–Crippen MR) is 179 cm³/mol. The predicted octanol–water partition coefficient (Wildman–Crippen LogP) is 8.33. The van der Waals surface area contributed by atoms with Crippen molar-refractivity contribution in [2.75, 3.05) is 49.2 Å². The Hall–Kier alpha value is -2.82. The number of aliphatic hydroxyl groups is 1. The van der Waals surface area contributed by atoms with Crippen LogP contribution in [0.25, 0.3) is 0 Å². The Morgan fingerprint density at radius 3 is 1.33 bits per heavy atom. The Morgan fingerprint density at radius 1 is 0.619 bits per heavy atom. The summed E-state index contributed by atoms with van der Waals surface area (Å²) in [6.45, 7) is 18.9. The van der Waals surface area contributed by atoms with E-state index in [9.17, 15) is 5.11 Å². The number of nitrogens with zero attached hydrogens (tertiary/aromatic N) is 2. The van der Waals surface area contributed by atoms with Crippen molar-refractivity contribution in [3.8, 4) is 0 Å². The van der Waals surface area contributed by atoms with Gasteiger partial charge in [0, 0.05) is 55.0 Å². The van der Waals surface area contributed by atoms with Crippen molar-refractivity contribution >= 4 is 11.4 Å². The van der Waals surface area contributed by atoms with Crippen LogP contribution < -0.4 is 9.80 Å². The fraction of sp³-hybridized carbons (Fsp3) is 0.526. The summed E-state index contributed by atoms with van der Waals surface area (Å²) in [5.41, 5.74) is 7.65. The number of unbranched alkanes of at least 4 members (excludes halogenated alkanes) is 2. The molecule has 1 aliphatic heterocycles. The lowest BCUT2D eigenvalue weighted by Gasteiger charge is -2.31. The second-order valence-electron chi connectivity index (χ2n) is 13.1. The molecule has 4 nitrogen and oxygen atoms in total. The molecule has 1 atom stereocenters. The standard InChI is InChI=1S/C38H54N2O2/c1-7-9-24-39(25-10-8-2)34-20-16-32(17-21-34)37(3,4)30-12-14-31(15-13-30)38(5,6)33-18-22-35(23-19-33)40(26-11-27-41)28-36-29-42-36/h12-23,36,41H,7-11,24-29H2,1-6H3. The largest absolute Gasteiger partial charge is 0.396 e. The lowest BCUT2D eigenvalue weighted by molar-refractivity contribution is 0.288. The van der Waals surface area contributed by atoms with Gasteiger partial charge in [0.15, 0.2) is 0 Å². The number of ether oxygens (including phenoxy) is 1. The average molecular weight is 571 g/mol. The summed E-state index contributed by atoms with van der Waals surface area (Å²) in [6, 6.07) is 27.6. The molecule has 0 spiro atoms. The quantitative estimate of drug-likeness (QED) is 0.166. The summed E-state index contributed by atoms with van der Waals surface area (Å²) in [5.74, 6) is 0. The molecule has 0 saturated carbocycles. The molecule has 1 fully saturated rings. The van der Waals surface area contributed by atoms with Gasteiger partial charge in [-0.25, -0.2) is 0 Å². The third-order valence-corrected chi connectivity index (χ3v) is 9.21. The van der Waals surface area contributed by atoms with Crippen LogP contribution in [0.15, 0.2) is 72.8 Å². The third-order valence-electron chi connectivity index (χ3n) is 9.21. The smallest absolute Gasteiger partial charge is 0.0984 e. The first-order valence-corrected chi connectivity index (χ1v) is 16.2. The molecule has 42 heavy (non-hydrogen) atoms. The molecule has 1 aliphatic rings. The molecule has 3 aromatic carbocycles. The molecule has 1 unspecified atom stereocenters. The van der Waals surface area contributed by atoms with Crippen molar-refractivity contribution < 1.29 is 9.84 Å². The van der Waals surface area contributed by atoms with Gasteiger partial charge in [-0.2, -0.15) is 0 Å². The highest BCUT2D eigenvalue weighted by Gasteiger charge is 2.28. The van der Waals surface area contributed by atoms with E-state index in [0.29, 0.717) is 6.10 Å². The average Bonchev–Trinajstić information content (AvgIpc) is 3.84. The Kier molecular flexibility index (Phi) is 11.1. The molecule has 4 heteroatoms. The molecular formula is C38H54N2O2. The number of epoxide rings is 1. The number of benzene rings is 3. The van der Waals surface area contributed by atoms with Gasteiger partial charge in [-0.1, -0.05) is 103 Å². The maximum Gasteiger partial charge on any atom is 0.0984 e. The minimum absolute atomic E-state index is 0.0795. The van der Waals surface area contributed by atoms with E-state index in [0.717, 1.165) is 39.2 Å². The number of rotatable bonds is 17. The van der Waals surface area contributed by atoms with Gasteiger partial charge in [-0.15, -0.1) is 0 Å². The van der Waals surface area contributed by atoms with Gasteiger partial charge < -0.3 is 19.6 Å². The monoisotopic (exact) mass is 570 g/mol. The summed E-state index contributed by atoms with van der Waals surface area (Å²) in [5, 5.41) is 9.35. The normalized spacial score (nSPS) is 15.1. The fourth-order valence-corrected chi connectivity index (χ4v) is 5.89. The van der Waals surface area contributed by atoms with E-state index in [1.807, 2.05) is 0 Å². The van der Waals surface area contributed by atoms with Gasteiger partial charge in [0.25, 0.3) is 0 Å². The number of aliphatic hydroxyl groups excluding tert-OH is 1. The van der Waals surface area contributed by atoms with Crippen molar-refractivity contribution in [1.29, 1.82) is 0 Å².